The highest BCUT2D eigenvalue weighted by molar-refractivity contribution is 7.80. The van der Waals surface area contributed by atoms with Gasteiger partial charge in [0.15, 0.2) is 0 Å². The van der Waals surface area contributed by atoms with Crippen molar-refractivity contribution < 1.29 is 5.11 Å². The van der Waals surface area contributed by atoms with Gasteiger partial charge in [-0.05, 0) is 53.4 Å². The molecule has 1 saturated heterocycles. The lowest BCUT2D eigenvalue weighted by molar-refractivity contribution is 0.121. The van der Waals surface area contributed by atoms with Gasteiger partial charge < -0.3 is 5.11 Å². The molecular weight excluding hydrogens is 464 g/mol. The van der Waals surface area contributed by atoms with E-state index >= 15 is 0 Å². The maximum atomic E-state index is 10.5. The first-order valence-corrected chi connectivity index (χ1v) is 13.6. The summed E-state index contributed by atoms with van der Waals surface area (Å²) in [6, 6.07) is 14.1. The summed E-state index contributed by atoms with van der Waals surface area (Å²) in [6.45, 7) is 7.95. The molecule has 0 spiro atoms. The van der Waals surface area contributed by atoms with E-state index in [1.165, 1.54) is 21.6 Å². The minimum absolute atomic E-state index is 0.378. The maximum absolute atomic E-state index is 10.5. The standard InChI is InChI=1S/C24H27ClN2OS3/c1-2-3-21-23(30-31-24(21)29)18-6-9-22(28)19(14-18)16-27-12-10-26(11-13-27)15-17-4-7-20(25)8-5-17/h4-9,14,28H,2-3,10-13,15-16H2,1H3. The fraction of sp³-hybridized carbons (Fsp3) is 0.375. The van der Waals surface area contributed by atoms with E-state index in [2.05, 4.69) is 34.9 Å². The van der Waals surface area contributed by atoms with Crippen molar-refractivity contribution in [2.45, 2.75) is 32.9 Å². The average Bonchev–Trinajstić information content (AvgIpc) is 3.13. The number of halogens is 1. The van der Waals surface area contributed by atoms with Gasteiger partial charge in [0, 0.05) is 49.9 Å². The van der Waals surface area contributed by atoms with Crippen LogP contribution in [0, 0.1) is 3.82 Å². The molecule has 1 aliphatic rings. The number of hydrogen-bond acceptors (Lipinski definition) is 6. The molecule has 2 heterocycles. The van der Waals surface area contributed by atoms with Crippen LogP contribution in [-0.2, 0) is 19.5 Å². The third-order valence-electron chi connectivity index (χ3n) is 5.74. The molecule has 0 bridgehead atoms. The first kappa shape index (κ1) is 22.9. The second kappa shape index (κ2) is 10.6. The quantitative estimate of drug-likeness (QED) is 0.290. The summed E-state index contributed by atoms with van der Waals surface area (Å²) < 4.78 is 1.01. The molecule has 1 N–H and O–H groups in total. The summed E-state index contributed by atoms with van der Waals surface area (Å²) in [4.78, 5) is 6.18. The molecule has 3 nitrogen and oxygen atoms in total. The van der Waals surface area contributed by atoms with Gasteiger partial charge >= 0.3 is 0 Å². The third kappa shape index (κ3) is 5.75. The molecule has 31 heavy (non-hydrogen) atoms. The minimum Gasteiger partial charge on any atom is -0.508 e. The molecule has 4 rings (SSSR count). The second-order valence-electron chi connectivity index (χ2n) is 8.03. The molecule has 3 aromatic rings. The lowest BCUT2D eigenvalue weighted by atomic mass is 10.0. The van der Waals surface area contributed by atoms with Gasteiger partial charge in [0.25, 0.3) is 0 Å². The lowest BCUT2D eigenvalue weighted by Crippen LogP contribution is -2.45. The molecular formula is C24H27ClN2OS3. The lowest BCUT2D eigenvalue weighted by Gasteiger charge is -2.35. The van der Waals surface area contributed by atoms with Crippen LogP contribution < -0.4 is 0 Å². The van der Waals surface area contributed by atoms with Crippen LogP contribution in [0.3, 0.4) is 0 Å². The predicted octanol–water partition coefficient (Wildman–Crippen LogP) is 6.84. The molecule has 0 saturated carbocycles. The largest absolute Gasteiger partial charge is 0.508 e. The molecule has 0 unspecified atom stereocenters. The zero-order valence-electron chi connectivity index (χ0n) is 17.6. The molecule has 0 radical (unpaired) electrons. The molecule has 2 aromatic carbocycles. The van der Waals surface area contributed by atoms with Crippen molar-refractivity contribution in [3.8, 4) is 16.2 Å². The predicted molar refractivity (Wildman–Crippen MR) is 136 cm³/mol. The Morgan fingerprint density at radius 3 is 2.32 bits per heavy atom. The van der Waals surface area contributed by atoms with Gasteiger partial charge in [-0.15, -0.1) is 0 Å². The molecule has 164 valence electrons. The molecule has 1 aromatic heterocycles. The summed E-state index contributed by atoms with van der Waals surface area (Å²) >= 11 is 11.5. The molecule has 1 aliphatic heterocycles. The summed E-state index contributed by atoms with van der Waals surface area (Å²) in [5.74, 6) is 0.378. The topological polar surface area (TPSA) is 26.7 Å². The first-order chi connectivity index (χ1) is 15.0. The fourth-order valence-corrected chi connectivity index (χ4v) is 7.14. The van der Waals surface area contributed by atoms with E-state index in [4.69, 9.17) is 23.8 Å². The van der Waals surface area contributed by atoms with Gasteiger partial charge in [-0.1, -0.05) is 70.0 Å². The molecule has 0 atom stereocenters. The third-order valence-corrected chi connectivity index (χ3v) is 9.19. The van der Waals surface area contributed by atoms with E-state index in [0.717, 1.165) is 66.5 Å². The SMILES string of the molecule is CCCc1c(-c2ccc(O)c(CN3CCN(Cc4ccc(Cl)cc4)CC3)c2)ssc1=S. The highest BCUT2D eigenvalue weighted by Crippen LogP contribution is 2.37. The van der Waals surface area contributed by atoms with Crippen molar-refractivity contribution in [3.05, 3.63) is 68.0 Å². The average molecular weight is 491 g/mol. The van der Waals surface area contributed by atoms with E-state index in [1.807, 2.05) is 24.3 Å². The number of hydrogen-bond donors (Lipinski definition) is 1. The first-order valence-electron chi connectivity index (χ1n) is 10.7. The van der Waals surface area contributed by atoms with Crippen molar-refractivity contribution >= 4 is 44.5 Å². The van der Waals surface area contributed by atoms with Gasteiger partial charge in [-0.2, -0.15) is 0 Å². The number of phenols is 1. The molecule has 7 heteroatoms. The molecule has 1 fully saturated rings. The Bertz CT molecular complexity index is 1070. The molecule has 0 aliphatic carbocycles. The Morgan fingerprint density at radius 2 is 1.65 bits per heavy atom. The van der Waals surface area contributed by atoms with E-state index in [9.17, 15) is 5.11 Å². The summed E-state index contributed by atoms with van der Waals surface area (Å²) in [5.41, 5.74) is 4.76. The monoisotopic (exact) mass is 490 g/mol. The van der Waals surface area contributed by atoms with Crippen LogP contribution in [0.4, 0.5) is 0 Å². The number of nitrogens with zero attached hydrogens (tertiary/aromatic N) is 2. The van der Waals surface area contributed by atoms with E-state index < -0.39 is 0 Å². The van der Waals surface area contributed by atoms with E-state index in [-0.39, 0.29) is 0 Å². The number of benzene rings is 2. The van der Waals surface area contributed by atoms with Crippen LogP contribution in [0.15, 0.2) is 42.5 Å². The Hall–Kier alpha value is -1.28. The number of piperazine rings is 1. The number of rotatable bonds is 7. The van der Waals surface area contributed by atoms with Gasteiger partial charge in [0.2, 0.25) is 0 Å². The smallest absolute Gasteiger partial charge is 0.120 e. The Morgan fingerprint density at radius 1 is 0.968 bits per heavy atom. The van der Waals surface area contributed by atoms with Crippen LogP contribution in [0.25, 0.3) is 10.4 Å². The van der Waals surface area contributed by atoms with Crippen molar-refractivity contribution in [2.24, 2.45) is 0 Å². The van der Waals surface area contributed by atoms with Crippen LogP contribution >= 0.6 is 44.5 Å². The van der Waals surface area contributed by atoms with E-state index in [0.29, 0.717) is 5.75 Å². The second-order valence-corrected chi connectivity index (χ2v) is 11.3. The zero-order chi connectivity index (χ0) is 21.8. The van der Waals surface area contributed by atoms with Crippen LogP contribution in [0.2, 0.25) is 5.02 Å². The Labute approximate surface area is 201 Å². The normalized spacial score (nSPS) is 15.4. The summed E-state index contributed by atoms with van der Waals surface area (Å²) in [6.07, 6.45) is 2.10. The Balaban J connectivity index is 1.40. The highest BCUT2D eigenvalue weighted by atomic mass is 35.5. The van der Waals surface area contributed by atoms with Gasteiger partial charge in [-0.3, -0.25) is 9.80 Å². The van der Waals surface area contributed by atoms with Gasteiger partial charge in [-0.25, -0.2) is 0 Å². The minimum atomic E-state index is 0.378. The highest BCUT2D eigenvalue weighted by Gasteiger charge is 2.19. The van der Waals surface area contributed by atoms with Crippen molar-refractivity contribution in [2.75, 3.05) is 26.2 Å². The molecule has 0 amide bonds. The number of phenolic OH excluding ortho intramolecular Hbond substituents is 1. The van der Waals surface area contributed by atoms with Crippen molar-refractivity contribution in [1.82, 2.24) is 9.80 Å². The van der Waals surface area contributed by atoms with Crippen LogP contribution in [-0.4, -0.2) is 41.1 Å². The van der Waals surface area contributed by atoms with E-state index in [1.54, 1.807) is 20.7 Å². The zero-order valence-corrected chi connectivity index (χ0v) is 20.8. The fourth-order valence-electron chi connectivity index (χ4n) is 4.01. The van der Waals surface area contributed by atoms with Crippen LogP contribution in [0.5, 0.6) is 5.75 Å². The summed E-state index contributed by atoms with van der Waals surface area (Å²) in [7, 11) is 3.44. The maximum Gasteiger partial charge on any atom is 0.120 e. The van der Waals surface area contributed by atoms with Crippen LogP contribution in [0.1, 0.15) is 30.0 Å². The van der Waals surface area contributed by atoms with Crippen molar-refractivity contribution in [1.29, 1.82) is 0 Å². The Kier molecular flexibility index (Phi) is 7.80. The number of aromatic hydroxyl groups is 1. The summed E-state index contributed by atoms with van der Waals surface area (Å²) in [5, 5.41) is 11.3. The van der Waals surface area contributed by atoms with Crippen molar-refractivity contribution in [3.63, 3.8) is 0 Å². The van der Waals surface area contributed by atoms with Gasteiger partial charge in [0.05, 0.1) is 4.88 Å². The van der Waals surface area contributed by atoms with Gasteiger partial charge in [0.1, 0.15) is 9.57 Å².